The number of carbonyl (C=O) groups is 1. The molecule has 0 aliphatic carbocycles. The van der Waals surface area contributed by atoms with Crippen LogP contribution in [0.25, 0.3) is 0 Å². The van der Waals surface area contributed by atoms with Gasteiger partial charge in [0.1, 0.15) is 11.8 Å². The highest BCUT2D eigenvalue weighted by Gasteiger charge is 2.51. The van der Waals surface area contributed by atoms with E-state index in [0.29, 0.717) is 13.0 Å². The number of hydrogen-bond donors (Lipinski definition) is 0. The molecule has 25 heavy (non-hydrogen) atoms. The molecule has 1 aromatic rings. The maximum atomic E-state index is 12.4. The van der Waals surface area contributed by atoms with Crippen LogP contribution < -0.4 is 4.74 Å². The molecule has 1 aliphatic heterocycles. The predicted octanol–water partition coefficient (Wildman–Crippen LogP) is 3.79. The maximum absolute atomic E-state index is 12.4. The molecule has 1 aromatic carbocycles. The van der Waals surface area contributed by atoms with Crippen molar-refractivity contribution in [2.75, 3.05) is 27.9 Å². The second-order valence-corrected chi connectivity index (χ2v) is 11.6. The van der Waals surface area contributed by atoms with Gasteiger partial charge in [-0.05, 0) is 43.8 Å². The van der Waals surface area contributed by atoms with Crippen molar-refractivity contribution in [1.82, 2.24) is 4.90 Å². The molecule has 1 fully saturated rings. The molecule has 2 atom stereocenters. The number of likely N-dealkylation sites (tertiary alicyclic amines) is 1. The topological polar surface area (TPSA) is 57.2 Å². The molecule has 0 spiro atoms. The van der Waals surface area contributed by atoms with Gasteiger partial charge >= 0.3 is 6.09 Å². The first-order valence-electron chi connectivity index (χ1n) is 8.50. The van der Waals surface area contributed by atoms with Crippen LogP contribution >= 0.6 is 0 Å². The predicted molar refractivity (Wildman–Crippen MR) is 98.3 cm³/mol. The number of carbonyl (C=O) groups excluding carboxylic acids is 1. The van der Waals surface area contributed by atoms with Crippen LogP contribution in [-0.2, 0) is 13.9 Å². The van der Waals surface area contributed by atoms with Gasteiger partial charge in [-0.15, -0.1) is 0 Å². The van der Waals surface area contributed by atoms with Crippen LogP contribution in [0, 0.1) is 0 Å². The van der Waals surface area contributed by atoms with Crippen LogP contribution in [0.15, 0.2) is 24.3 Å². The van der Waals surface area contributed by atoms with E-state index in [1.54, 1.807) is 19.1 Å². The second-order valence-electron chi connectivity index (χ2n) is 7.18. The van der Waals surface area contributed by atoms with Crippen molar-refractivity contribution >= 4 is 14.4 Å². The van der Waals surface area contributed by atoms with Crippen molar-refractivity contribution in [3.63, 3.8) is 0 Å². The summed E-state index contributed by atoms with van der Waals surface area (Å²) >= 11 is 0. The van der Waals surface area contributed by atoms with E-state index >= 15 is 0 Å². The number of benzene rings is 1. The van der Waals surface area contributed by atoms with E-state index in [1.807, 2.05) is 24.3 Å². The van der Waals surface area contributed by atoms with Crippen LogP contribution in [0.1, 0.15) is 24.4 Å². The quantitative estimate of drug-likeness (QED) is 0.585. The van der Waals surface area contributed by atoms with E-state index in [9.17, 15) is 4.79 Å². The Labute approximate surface area is 151 Å². The first-order valence-corrected chi connectivity index (χ1v) is 11.9. The van der Waals surface area contributed by atoms with Gasteiger partial charge in [-0.25, -0.2) is 4.79 Å². The SMILES string of the molecule is COC(=O)N1CCCC(OC)(O[Si](C)(C)C)C1c1cccc(OC)c1. The standard InChI is InChI=1S/C18H29NO5Si/c1-21-15-10-7-9-14(13-15)16-18(23-3,24-25(4,5)6)11-8-12-19(16)17(20)22-2/h7,9-10,13,16H,8,11-12H2,1-6H3. The summed E-state index contributed by atoms with van der Waals surface area (Å²) in [6.07, 6.45) is 1.12. The average Bonchev–Trinajstić information content (AvgIpc) is 2.59. The summed E-state index contributed by atoms with van der Waals surface area (Å²) in [6, 6.07) is 7.28. The largest absolute Gasteiger partial charge is 0.497 e. The molecule has 0 radical (unpaired) electrons. The first kappa shape index (κ1) is 19.7. The zero-order valence-electron chi connectivity index (χ0n) is 16.0. The second kappa shape index (κ2) is 7.76. The molecule has 2 rings (SSSR count). The number of ether oxygens (including phenoxy) is 3. The minimum atomic E-state index is -1.94. The zero-order chi connectivity index (χ0) is 18.7. The summed E-state index contributed by atoms with van der Waals surface area (Å²) in [7, 11) is 2.72. The lowest BCUT2D eigenvalue weighted by Gasteiger charge is -2.50. The molecular formula is C18H29NO5Si. The molecule has 0 N–H and O–H groups in total. The van der Waals surface area contributed by atoms with Gasteiger partial charge in [0.2, 0.25) is 0 Å². The van der Waals surface area contributed by atoms with Gasteiger partial charge in [-0.2, -0.15) is 0 Å². The fourth-order valence-electron chi connectivity index (χ4n) is 3.44. The molecule has 0 bridgehead atoms. The van der Waals surface area contributed by atoms with Gasteiger partial charge in [0, 0.05) is 20.1 Å². The number of hydrogen-bond acceptors (Lipinski definition) is 5. The molecule has 0 saturated carbocycles. The summed E-state index contributed by atoms with van der Waals surface area (Å²) in [6.45, 7) is 6.95. The molecule has 1 heterocycles. The van der Waals surface area contributed by atoms with Crippen molar-refractivity contribution in [3.8, 4) is 5.75 Å². The van der Waals surface area contributed by atoms with E-state index in [4.69, 9.17) is 18.6 Å². The number of piperidine rings is 1. The van der Waals surface area contributed by atoms with Gasteiger partial charge in [0.25, 0.3) is 0 Å². The summed E-state index contributed by atoms with van der Waals surface area (Å²) < 4.78 is 22.8. The highest BCUT2D eigenvalue weighted by molar-refractivity contribution is 6.69. The summed E-state index contributed by atoms with van der Waals surface area (Å²) in [5, 5.41) is 0. The van der Waals surface area contributed by atoms with Crippen LogP contribution in [0.3, 0.4) is 0 Å². The number of rotatable bonds is 5. The molecule has 7 heteroatoms. The van der Waals surface area contributed by atoms with Crippen molar-refractivity contribution in [2.45, 2.75) is 44.3 Å². The molecule has 2 unspecified atom stereocenters. The fourth-order valence-corrected chi connectivity index (χ4v) is 4.77. The molecule has 0 aromatic heterocycles. The third kappa shape index (κ3) is 4.34. The van der Waals surface area contributed by atoms with Crippen LogP contribution in [0.5, 0.6) is 5.75 Å². The Morgan fingerprint density at radius 2 is 1.96 bits per heavy atom. The lowest BCUT2D eigenvalue weighted by atomic mass is 9.89. The molecule has 1 amide bonds. The van der Waals surface area contributed by atoms with Crippen LogP contribution in [-0.4, -0.2) is 53.0 Å². The molecule has 1 aliphatic rings. The zero-order valence-corrected chi connectivity index (χ0v) is 17.0. The van der Waals surface area contributed by atoms with E-state index in [2.05, 4.69) is 19.6 Å². The van der Waals surface area contributed by atoms with Crippen molar-refractivity contribution < 1.29 is 23.4 Å². The minimum Gasteiger partial charge on any atom is -0.497 e. The van der Waals surface area contributed by atoms with E-state index in [-0.39, 0.29) is 6.09 Å². The maximum Gasteiger partial charge on any atom is 0.410 e. The highest BCUT2D eigenvalue weighted by Crippen LogP contribution is 2.44. The smallest absolute Gasteiger partial charge is 0.410 e. The highest BCUT2D eigenvalue weighted by atomic mass is 28.4. The van der Waals surface area contributed by atoms with Gasteiger partial charge < -0.3 is 18.6 Å². The number of methoxy groups -OCH3 is 3. The minimum absolute atomic E-state index is 0.381. The van der Waals surface area contributed by atoms with Crippen molar-refractivity contribution in [1.29, 1.82) is 0 Å². The number of amides is 1. The van der Waals surface area contributed by atoms with Crippen LogP contribution in [0.4, 0.5) is 4.79 Å². The third-order valence-corrected chi connectivity index (χ3v) is 5.25. The Kier molecular flexibility index (Phi) is 6.13. The van der Waals surface area contributed by atoms with Gasteiger partial charge in [-0.3, -0.25) is 4.90 Å². The van der Waals surface area contributed by atoms with E-state index in [0.717, 1.165) is 17.7 Å². The molecule has 1 saturated heterocycles. The number of nitrogens with zero attached hydrogens (tertiary/aromatic N) is 1. The Morgan fingerprint density at radius 1 is 1.24 bits per heavy atom. The molecular weight excluding hydrogens is 338 g/mol. The lowest BCUT2D eigenvalue weighted by Crippen LogP contribution is -2.58. The monoisotopic (exact) mass is 367 g/mol. The van der Waals surface area contributed by atoms with Crippen LogP contribution in [0.2, 0.25) is 19.6 Å². The lowest BCUT2D eigenvalue weighted by molar-refractivity contribution is -0.229. The van der Waals surface area contributed by atoms with Crippen molar-refractivity contribution in [3.05, 3.63) is 29.8 Å². The van der Waals surface area contributed by atoms with Gasteiger partial charge in [0.05, 0.1) is 14.2 Å². The summed E-state index contributed by atoms with van der Waals surface area (Å²) in [5.74, 6) is -0.172. The third-order valence-electron chi connectivity index (χ3n) is 4.30. The normalized spacial score (nSPS) is 24.1. The molecule has 6 nitrogen and oxygen atoms in total. The average molecular weight is 368 g/mol. The molecule has 140 valence electrons. The fraction of sp³-hybridized carbons (Fsp3) is 0.611. The van der Waals surface area contributed by atoms with Gasteiger partial charge in [-0.1, -0.05) is 12.1 Å². The van der Waals surface area contributed by atoms with E-state index in [1.165, 1.54) is 7.11 Å². The first-order chi connectivity index (χ1) is 11.8. The summed E-state index contributed by atoms with van der Waals surface area (Å²) in [5.41, 5.74) is 0.907. The van der Waals surface area contributed by atoms with Crippen molar-refractivity contribution in [2.24, 2.45) is 0 Å². The Hall–Kier alpha value is -1.57. The Morgan fingerprint density at radius 3 is 2.52 bits per heavy atom. The van der Waals surface area contributed by atoms with Gasteiger partial charge in [0.15, 0.2) is 14.1 Å². The van der Waals surface area contributed by atoms with E-state index < -0.39 is 20.1 Å². The Balaban J connectivity index is 2.56. The summed E-state index contributed by atoms with van der Waals surface area (Å²) in [4.78, 5) is 14.1. The Bertz CT molecular complexity index is 603.